The summed E-state index contributed by atoms with van der Waals surface area (Å²) in [4.78, 5) is 40.7. The van der Waals surface area contributed by atoms with Gasteiger partial charge in [0.15, 0.2) is 0 Å². The Balaban J connectivity index is 1.49. The average molecular weight is 399 g/mol. The van der Waals surface area contributed by atoms with Crippen molar-refractivity contribution in [1.29, 1.82) is 0 Å². The molecule has 0 unspecified atom stereocenters. The maximum Gasteiger partial charge on any atom is 0.304 e. The van der Waals surface area contributed by atoms with E-state index >= 15 is 0 Å². The Morgan fingerprint density at radius 1 is 1.14 bits per heavy atom. The maximum absolute atomic E-state index is 12.8. The zero-order chi connectivity index (χ0) is 20.4. The molecule has 3 aliphatic heterocycles. The largest absolute Gasteiger partial charge is 0.481 e. The van der Waals surface area contributed by atoms with Gasteiger partial charge >= 0.3 is 5.97 Å². The van der Waals surface area contributed by atoms with Crippen LogP contribution in [-0.2, 0) is 9.59 Å². The number of nitrogens with zero attached hydrogens (tertiary/aromatic N) is 2. The third-order valence-corrected chi connectivity index (χ3v) is 6.72. The Morgan fingerprint density at radius 2 is 1.90 bits per heavy atom. The third-order valence-electron chi connectivity index (χ3n) is 6.72. The lowest BCUT2D eigenvalue weighted by Gasteiger charge is -2.56. The minimum Gasteiger partial charge on any atom is -0.481 e. The number of likely N-dealkylation sites (tertiary alicyclic amines) is 1. The van der Waals surface area contributed by atoms with E-state index in [1.54, 1.807) is 12.1 Å². The van der Waals surface area contributed by atoms with Gasteiger partial charge in [-0.1, -0.05) is 18.2 Å². The second-order valence-corrected chi connectivity index (χ2v) is 8.56. The molecule has 2 N–H and O–H groups in total. The molecule has 4 rings (SSSR count). The summed E-state index contributed by atoms with van der Waals surface area (Å²) in [5, 5.41) is 12.1. The van der Waals surface area contributed by atoms with Gasteiger partial charge in [0.25, 0.3) is 5.91 Å². The number of amides is 2. The Kier molecular flexibility index (Phi) is 5.85. The first-order chi connectivity index (χ1) is 14.0. The van der Waals surface area contributed by atoms with Gasteiger partial charge in [-0.25, -0.2) is 0 Å². The van der Waals surface area contributed by atoms with Crippen LogP contribution < -0.4 is 5.32 Å². The number of carboxylic acid groups (broad SMARTS) is 1. The summed E-state index contributed by atoms with van der Waals surface area (Å²) in [6.45, 7) is 2.64. The normalized spacial score (nSPS) is 29.2. The van der Waals surface area contributed by atoms with Gasteiger partial charge in [-0.15, -0.1) is 0 Å². The lowest BCUT2D eigenvalue weighted by atomic mass is 9.72. The molecule has 3 fully saturated rings. The van der Waals surface area contributed by atoms with Crippen LogP contribution in [0.4, 0.5) is 0 Å². The minimum atomic E-state index is -0.776. The molecule has 2 bridgehead atoms. The highest BCUT2D eigenvalue weighted by molar-refractivity contribution is 5.94. The highest BCUT2D eigenvalue weighted by Gasteiger charge is 2.49. The molecule has 156 valence electrons. The van der Waals surface area contributed by atoms with Crippen molar-refractivity contribution in [2.24, 2.45) is 11.8 Å². The van der Waals surface area contributed by atoms with Crippen LogP contribution in [0.25, 0.3) is 0 Å². The van der Waals surface area contributed by atoms with Crippen molar-refractivity contribution in [1.82, 2.24) is 15.1 Å². The first-order valence-corrected chi connectivity index (χ1v) is 10.6. The highest BCUT2D eigenvalue weighted by atomic mass is 16.4. The number of carbonyl (C=O) groups excluding carboxylic acids is 2. The van der Waals surface area contributed by atoms with E-state index in [-0.39, 0.29) is 36.2 Å². The van der Waals surface area contributed by atoms with E-state index in [9.17, 15) is 14.4 Å². The fourth-order valence-corrected chi connectivity index (χ4v) is 5.46. The summed E-state index contributed by atoms with van der Waals surface area (Å²) in [5.41, 5.74) is 0.620. The monoisotopic (exact) mass is 399 g/mol. The Bertz CT molecular complexity index is 769. The van der Waals surface area contributed by atoms with Crippen molar-refractivity contribution in [3.8, 4) is 0 Å². The molecule has 0 spiro atoms. The van der Waals surface area contributed by atoms with Crippen LogP contribution in [0, 0.1) is 11.8 Å². The molecule has 2 amide bonds. The smallest absolute Gasteiger partial charge is 0.304 e. The van der Waals surface area contributed by atoms with E-state index < -0.39 is 5.97 Å². The fraction of sp³-hybridized carbons (Fsp3) is 0.591. The van der Waals surface area contributed by atoms with Gasteiger partial charge < -0.3 is 20.2 Å². The van der Waals surface area contributed by atoms with Crippen molar-refractivity contribution >= 4 is 17.8 Å². The van der Waals surface area contributed by atoms with Gasteiger partial charge in [-0.2, -0.15) is 0 Å². The zero-order valence-corrected chi connectivity index (χ0v) is 16.6. The van der Waals surface area contributed by atoms with Gasteiger partial charge in [0, 0.05) is 44.2 Å². The number of fused-ring (bicyclic) bond motifs is 4. The minimum absolute atomic E-state index is 0.0238. The van der Waals surface area contributed by atoms with E-state index in [4.69, 9.17) is 5.11 Å². The molecule has 3 aliphatic rings. The molecule has 3 heterocycles. The molecular weight excluding hydrogens is 370 g/mol. The van der Waals surface area contributed by atoms with E-state index in [1.807, 2.05) is 18.2 Å². The van der Waals surface area contributed by atoms with Crippen molar-refractivity contribution < 1.29 is 19.5 Å². The molecule has 0 aliphatic carbocycles. The molecule has 1 aromatic carbocycles. The SMILES string of the molecule is O=C(O)CCN1C[C@H]2C[C@@H](C1)[C@H](CNC(=O)c1ccccc1)N1C(=O)CCC[C@@H]21. The molecule has 29 heavy (non-hydrogen) atoms. The summed E-state index contributed by atoms with van der Waals surface area (Å²) in [5.74, 6) is -0.0344. The number of piperidine rings is 3. The van der Waals surface area contributed by atoms with Crippen LogP contribution in [0.3, 0.4) is 0 Å². The number of nitrogens with one attached hydrogen (secondary N) is 1. The maximum atomic E-state index is 12.8. The average Bonchev–Trinajstić information content (AvgIpc) is 2.73. The Morgan fingerprint density at radius 3 is 2.66 bits per heavy atom. The first-order valence-electron chi connectivity index (χ1n) is 10.6. The topological polar surface area (TPSA) is 89.9 Å². The second kappa shape index (κ2) is 8.53. The summed E-state index contributed by atoms with van der Waals surface area (Å²) in [7, 11) is 0. The van der Waals surface area contributed by atoms with Crippen molar-refractivity contribution in [3.63, 3.8) is 0 Å². The zero-order valence-electron chi connectivity index (χ0n) is 16.6. The highest BCUT2D eigenvalue weighted by Crippen LogP contribution is 2.41. The lowest BCUT2D eigenvalue weighted by molar-refractivity contribution is -0.152. The van der Waals surface area contributed by atoms with Crippen LogP contribution in [0.5, 0.6) is 0 Å². The standard InChI is InChI=1S/C22H29N3O4/c26-20-8-4-7-18-16-11-17(14-24(13-16)10-9-21(27)28)19(25(18)20)12-23-22(29)15-5-2-1-3-6-15/h1-3,5-6,16-19H,4,7-14H2,(H,23,29)(H,27,28)/t16-,17+,18+,19+/m1/s1. The molecule has 4 atom stereocenters. The summed E-state index contributed by atoms with van der Waals surface area (Å²) in [6.07, 6.45) is 3.69. The summed E-state index contributed by atoms with van der Waals surface area (Å²) >= 11 is 0. The van der Waals surface area contributed by atoms with E-state index in [1.165, 1.54) is 0 Å². The van der Waals surface area contributed by atoms with Crippen LogP contribution in [0.1, 0.15) is 42.5 Å². The number of rotatable bonds is 6. The summed E-state index contributed by atoms with van der Waals surface area (Å²) in [6, 6.07) is 9.31. The van der Waals surface area contributed by atoms with Gasteiger partial charge in [0.05, 0.1) is 12.5 Å². The molecule has 0 saturated carbocycles. The third kappa shape index (κ3) is 4.29. The van der Waals surface area contributed by atoms with E-state index in [0.717, 1.165) is 32.4 Å². The van der Waals surface area contributed by atoms with Crippen LogP contribution >= 0.6 is 0 Å². The number of hydrogen-bond donors (Lipinski definition) is 2. The number of carboxylic acids is 1. The van der Waals surface area contributed by atoms with Gasteiger partial charge in [-0.05, 0) is 43.2 Å². The van der Waals surface area contributed by atoms with Crippen LogP contribution in [0.15, 0.2) is 30.3 Å². The van der Waals surface area contributed by atoms with Crippen molar-refractivity contribution in [2.75, 3.05) is 26.2 Å². The molecule has 1 aromatic rings. The second-order valence-electron chi connectivity index (χ2n) is 8.56. The van der Waals surface area contributed by atoms with Gasteiger partial charge in [-0.3, -0.25) is 14.4 Å². The van der Waals surface area contributed by atoms with Gasteiger partial charge in [0.1, 0.15) is 0 Å². The predicted molar refractivity (Wildman–Crippen MR) is 107 cm³/mol. The van der Waals surface area contributed by atoms with Crippen molar-refractivity contribution in [3.05, 3.63) is 35.9 Å². The molecular formula is C22H29N3O4. The predicted octanol–water partition coefficient (Wildman–Crippen LogP) is 1.59. The Labute approximate surface area is 171 Å². The molecule has 7 heteroatoms. The Hall–Kier alpha value is -2.41. The van der Waals surface area contributed by atoms with E-state index in [0.29, 0.717) is 31.0 Å². The van der Waals surface area contributed by atoms with Crippen LogP contribution in [-0.4, -0.2) is 71.0 Å². The molecule has 3 saturated heterocycles. The number of hydrogen-bond acceptors (Lipinski definition) is 4. The van der Waals surface area contributed by atoms with Gasteiger partial charge in [0.2, 0.25) is 5.91 Å². The first kappa shape index (κ1) is 19.9. The lowest BCUT2D eigenvalue weighted by Crippen LogP contribution is -2.67. The van der Waals surface area contributed by atoms with Crippen molar-refractivity contribution in [2.45, 2.75) is 44.2 Å². The van der Waals surface area contributed by atoms with E-state index in [2.05, 4.69) is 15.1 Å². The molecule has 0 aromatic heterocycles. The molecule has 7 nitrogen and oxygen atoms in total. The van der Waals surface area contributed by atoms with Crippen LogP contribution in [0.2, 0.25) is 0 Å². The molecule has 0 radical (unpaired) electrons. The quantitative estimate of drug-likeness (QED) is 0.758. The number of carbonyl (C=O) groups is 3. The number of aliphatic carboxylic acids is 1. The fourth-order valence-electron chi connectivity index (χ4n) is 5.46. The summed E-state index contributed by atoms with van der Waals surface area (Å²) < 4.78 is 0. The number of benzene rings is 1.